The first-order chi connectivity index (χ1) is 12.7. The van der Waals surface area contributed by atoms with E-state index in [1.807, 2.05) is 54.6 Å². The highest BCUT2D eigenvalue weighted by Gasteiger charge is 2.11. The number of methoxy groups -OCH3 is 1. The van der Waals surface area contributed by atoms with Crippen molar-refractivity contribution in [2.45, 2.75) is 12.8 Å². The average molecular weight is 347 g/mol. The second-order valence-electron chi connectivity index (χ2n) is 6.03. The summed E-state index contributed by atoms with van der Waals surface area (Å²) in [7, 11) is 1.60. The van der Waals surface area contributed by atoms with Gasteiger partial charge in [0, 0.05) is 11.8 Å². The van der Waals surface area contributed by atoms with Crippen LogP contribution in [0.4, 0.5) is 11.4 Å². The fraction of sp³-hybridized carbons (Fsp3) is 0.136. The number of carboxylic acid groups (broad SMARTS) is 1. The number of rotatable bonds is 7. The Morgan fingerprint density at radius 2 is 1.69 bits per heavy atom. The van der Waals surface area contributed by atoms with Gasteiger partial charge in [-0.25, -0.2) is 4.79 Å². The highest BCUT2D eigenvalue weighted by atomic mass is 16.5. The molecule has 0 radical (unpaired) electrons. The van der Waals surface area contributed by atoms with E-state index in [0.29, 0.717) is 11.4 Å². The lowest BCUT2D eigenvalue weighted by Crippen LogP contribution is -2.04. The van der Waals surface area contributed by atoms with Crippen molar-refractivity contribution < 1.29 is 14.6 Å². The number of hydrogen-bond donors (Lipinski definition) is 2. The monoisotopic (exact) mass is 347 g/mol. The van der Waals surface area contributed by atoms with Gasteiger partial charge >= 0.3 is 5.97 Å². The van der Waals surface area contributed by atoms with Crippen LogP contribution in [0, 0.1) is 0 Å². The lowest BCUT2D eigenvalue weighted by Gasteiger charge is -2.13. The molecular weight excluding hydrogens is 326 g/mol. The Labute approximate surface area is 153 Å². The van der Waals surface area contributed by atoms with Crippen LogP contribution in [0.15, 0.2) is 72.8 Å². The Balaban J connectivity index is 1.83. The van der Waals surface area contributed by atoms with Crippen molar-refractivity contribution in [1.82, 2.24) is 0 Å². The van der Waals surface area contributed by atoms with Crippen molar-refractivity contribution in [2.24, 2.45) is 0 Å². The van der Waals surface area contributed by atoms with Crippen molar-refractivity contribution in [3.63, 3.8) is 0 Å². The van der Waals surface area contributed by atoms with Gasteiger partial charge in [0.25, 0.3) is 0 Å². The first-order valence-electron chi connectivity index (χ1n) is 8.47. The van der Waals surface area contributed by atoms with E-state index in [9.17, 15) is 9.90 Å². The van der Waals surface area contributed by atoms with E-state index in [2.05, 4.69) is 17.4 Å². The maximum Gasteiger partial charge on any atom is 0.337 e. The Morgan fingerprint density at radius 3 is 2.42 bits per heavy atom. The molecule has 0 bridgehead atoms. The average Bonchev–Trinajstić information content (AvgIpc) is 2.67. The molecule has 0 unspecified atom stereocenters. The number of hydrogen-bond acceptors (Lipinski definition) is 3. The smallest absolute Gasteiger partial charge is 0.337 e. The third-order valence-electron chi connectivity index (χ3n) is 4.21. The largest absolute Gasteiger partial charge is 0.497 e. The van der Waals surface area contributed by atoms with Crippen molar-refractivity contribution >= 4 is 17.3 Å². The van der Waals surface area contributed by atoms with Crippen molar-refractivity contribution in [2.75, 3.05) is 12.4 Å². The van der Waals surface area contributed by atoms with Crippen molar-refractivity contribution in [1.29, 1.82) is 0 Å². The van der Waals surface area contributed by atoms with Crippen LogP contribution in [-0.4, -0.2) is 18.2 Å². The minimum absolute atomic E-state index is 0.247. The SMILES string of the molecule is COc1cccc(Nc2cc(CCc3ccccc3)ccc2C(=O)O)c1. The molecule has 0 aliphatic carbocycles. The summed E-state index contributed by atoms with van der Waals surface area (Å²) in [6, 6.07) is 23.1. The molecule has 0 amide bonds. The minimum Gasteiger partial charge on any atom is -0.497 e. The Kier molecular flexibility index (Phi) is 5.54. The number of aryl methyl sites for hydroxylation is 2. The van der Waals surface area contributed by atoms with Gasteiger partial charge < -0.3 is 15.2 Å². The first-order valence-corrected chi connectivity index (χ1v) is 8.47. The first kappa shape index (κ1) is 17.5. The zero-order valence-corrected chi connectivity index (χ0v) is 14.6. The molecule has 132 valence electrons. The molecule has 0 atom stereocenters. The normalized spacial score (nSPS) is 10.3. The number of anilines is 2. The standard InChI is InChI=1S/C22H21NO3/c1-26-19-9-5-8-18(15-19)23-21-14-17(12-13-20(21)22(24)25)11-10-16-6-3-2-4-7-16/h2-9,12-15,23H,10-11H2,1H3,(H,24,25). The van der Waals surface area contributed by atoms with Crippen LogP contribution < -0.4 is 10.1 Å². The van der Waals surface area contributed by atoms with E-state index in [0.717, 1.165) is 24.1 Å². The minimum atomic E-state index is -0.954. The van der Waals surface area contributed by atoms with Gasteiger partial charge in [-0.2, -0.15) is 0 Å². The van der Waals surface area contributed by atoms with Crippen LogP contribution in [0.25, 0.3) is 0 Å². The summed E-state index contributed by atoms with van der Waals surface area (Å²) in [5.41, 5.74) is 3.96. The number of carbonyl (C=O) groups is 1. The van der Waals surface area contributed by atoms with Crippen molar-refractivity contribution in [3.8, 4) is 5.75 Å². The lowest BCUT2D eigenvalue weighted by molar-refractivity contribution is 0.0698. The lowest BCUT2D eigenvalue weighted by atomic mass is 10.0. The van der Waals surface area contributed by atoms with Gasteiger partial charge in [0.2, 0.25) is 0 Å². The fourth-order valence-corrected chi connectivity index (χ4v) is 2.83. The second-order valence-corrected chi connectivity index (χ2v) is 6.03. The Hall–Kier alpha value is -3.27. The summed E-state index contributed by atoms with van der Waals surface area (Å²) >= 11 is 0. The van der Waals surface area contributed by atoms with Gasteiger partial charge in [-0.3, -0.25) is 0 Å². The van der Waals surface area contributed by atoms with E-state index in [4.69, 9.17) is 4.74 Å². The van der Waals surface area contributed by atoms with Crippen LogP contribution >= 0.6 is 0 Å². The third-order valence-corrected chi connectivity index (χ3v) is 4.21. The molecule has 0 aliphatic rings. The summed E-state index contributed by atoms with van der Waals surface area (Å²) in [6.45, 7) is 0. The van der Waals surface area contributed by atoms with Crippen LogP contribution in [0.2, 0.25) is 0 Å². The van der Waals surface area contributed by atoms with Gasteiger partial charge in [0.15, 0.2) is 0 Å². The van der Waals surface area contributed by atoms with Crippen LogP contribution in [0.1, 0.15) is 21.5 Å². The van der Waals surface area contributed by atoms with E-state index < -0.39 is 5.97 Å². The van der Waals surface area contributed by atoms with E-state index in [-0.39, 0.29) is 5.56 Å². The Morgan fingerprint density at radius 1 is 0.923 bits per heavy atom. The summed E-state index contributed by atoms with van der Waals surface area (Å²) in [5.74, 6) is -0.239. The van der Waals surface area contributed by atoms with Gasteiger partial charge in [0.1, 0.15) is 5.75 Å². The van der Waals surface area contributed by atoms with Gasteiger partial charge in [-0.1, -0.05) is 42.5 Å². The summed E-state index contributed by atoms with van der Waals surface area (Å²) in [6.07, 6.45) is 1.75. The second kappa shape index (κ2) is 8.21. The van der Waals surface area contributed by atoms with Crippen LogP contribution in [-0.2, 0) is 12.8 Å². The number of benzene rings is 3. The maximum atomic E-state index is 11.6. The quantitative estimate of drug-likeness (QED) is 0.637. The maximum absolute atomic E-state index is 11.6. The number of ether oxygens (including phenoxy) is 1. The molecule has 0 saturated heterocycles. The number of carboxylic acids is 1. The predicted molar refractivity (Wildman–Crippen MR) is 104 cm³/mol. The topological polar surface area (TPSA) is 58.6 Å². The van der Waals surface area contributed by atoms with Crippen molar-refractivity contribution in [3.05, 3.63) is 89.5 Å². The predicted octanol–water partition coefficient (Wildman–Crippen LogP) is 4.92. The molecule has 2 N–H and O–H groups in total. The highest BCUT2D eigenvalue weighted by Crippen LogP contribution is 2.26. The number of aromatic carboxylic acids is 1. The molecule has 26 heavy (non-hydrogen) atoms. The zero-order valence-electron chi connectivity index (χ0n) is 14.6. The molecular formula is C22H21NO3. The van der Waals surface area contributed by atoms with E-state index in [1.54, 1.807) is 13.2 Å². The molecule has 0 aliphatic heterocycles. The van der Waals surface area contributed by atoms with Crippen LogP contribution in [0.3, 0.4) is 0 Å². The van der Waals surface area contributed by atoms with Gasteiger partial charge in [-0.15, -0.1) is 0 Å². The third kappa shape index (κ3) is 4.42. The molecule has 4 heteroatoms. The summed E-state index contributed by atoms with van der Waals surface area (Å²) < 4.78 is 5.23. The fourth-order valence-electron chi connectivity index (χ4n) is 2.83. The van der Waals surface area contributed by atoms with Crippen LogP contribution in [0.5, 0.6) is 5.75 Å². The molecule has 0 saturated carbocycles. The molecule has 0 aromatic heterocycles. The van der Waals surface area contributed by atoms with E-state index >= 15 is 0 Å². The molecule has 4 nitrogen and oxygen atoms in total. The Bertz CT molecular complexity index is 891. The summed E-state index contributed by atoms with van der Waals surface area (Å²) in [5, 5.41) is 12.7. The van der Waals surface area contributed by atoms with E-state index in [1.165, 1.54) is 5.56 Å². The molecule has 3 rings (SSSR count). The molecule has 0 heterocycles. The molecule has 0 fully saturated rings. The highest BCUT2D eigenvalue weighted by molar-refractivity contribution is 5.95. The molecule has 0 spiro atoms. The zero-order chi connectivity index (χ0) is 18.4. The van der Waals surface area contributed by atoms with Gasteiger partial charge in [0.05, 0.1) is 18.4 Å². The van der Waals surface area contributed by atoms with Gasteiger partial charge in [-0.05, 0) is 48.2 Å². The summed E-state index contributed by atoms with van der Waals surface area (Å²) in [4.78, 5) is 11.6. The molecule has 3 aromatic carbocycles. The number of nitrogens with one attached hydrogen (secondary N) is 1. The molecule has 3 aromatic rings.